The summed E-state index contributed by atoms with van der Waals surface area (Å²) < 4.78 is 0. The summed E-state index contributed by atoms with van der Waals surface area (Å²) in [6.45, 7) is 5.18. The molecule has 0 amide bonds. The first-order valence-electron chi connectivity index (χ1n) is 7.87. The smallest absolute Gasteiger partial charge is 0.0807 e. The first-order valence-corrected chi connectivity index (χ1v) is 7.87. The minimum absolute atomic E-state index is 0.408. The van der Waals surface area contributed by atoms with Crippen molar-refractivity contribution in [3.63, 3.8) is 0 Å². The van der Waals surface area contributed by atoms with Crippen LogP contribution in [0.15, 0.2) is 54.6 Å². The van der Waals surface area contributed by atoms with Crippen LogP contribution < -0.4 is 4.90 Å². The lowest BCUT2D eigenvalue weighted by Crippen LogP contribution is -2.20. The third kappa shape index (κ3) is 3.85. The van der Waals surface area contributed by atoms with E-state index in [1.165, 1.54) is 5.69 Å². The molecule has 0 radical (unpaired) electrons. The normalized spacial score (nSPS) is 12.1. The number of anilines is 2. The number of hydrogen-bond donors (Lipinski definition) is 1. The Morgan fingerprint density at radius 2 is 1.62 bits per heavy atom. The molecule has 0 spiro atoms. The maximum absolute atomic E-state index is 10.3. The third-order valence-electron chi connectivity index (χ3n) is 3.78. The molecule has 0 saturated carbocycles. The van der Waals surface area contributed by atoms with Crippen LogP contribution in [0.1, 0.15) is 44.8 Å². The van der Waals surface area contributed by atoms with Crippen molar-refractivity contribution in [3.05, 3.63) is 60.2 Å². The molecule has 2 aromatic rings. The highest BCUT2D eigenvalue weighted by Crippen LogP contribution is 2.33. The van der Waals surface area contributed by atoms with Crippen LogP contribution in [0.4, 0.5) is 11.4 Å². The van der Waals surface area contributed by atoms with Gasteiger partial charge in [0.05, 0.1) is 6.10 Å². The molecular weight excluding hydrogens is 258 g/mol. The van der Waals surface area contributed by atoms with E-state index in [1.807, 2.05) is 31.2 Å². The number of aliphatic hydroxyl groups is 1. The predicted octanol–water partition coefficient (Wildman–Crippen LogP) is 5.07. The summed E-state index contributed by atoms with van der Waals surface area (Å²) in [6.07, 6.45) is 2.61. The van der Waals surface area contributed by atoms with E-state index in [-0.39, 0.29) is 0 Å². The highest BCUT2D eigenvalue weighted by Gasteiger charge is 2.16. The minimum Gasteiger partial charge on any atom is -0.388 e. The first-order chi connectivity index (χ1) is 10.3. The highest BCUT2D eigenvalue weighted by atomic mass is 16.3. The van der Waals surface area contributed by atoms with Crippen molar-refractivity contribution >= 4 is 11.4 Å². The SMILES string of the molecule is CCCCN(c1ccccc1)c1ccccc1C(O)CC. The molecule has 0 bridgehead atoms. The van der Waals surface area contributed by atoms with E-state index >= 15 is 0 Å². The molecule has 0 heterocycles. The van der Waals surface area contributed by atoms with Gasteiger partial charge in [-0.05, 0) is 31.0 Å². The number of rotatable bonds is 7. The fourth-order valence-electron chi connectivity index (χ4n) is 2.55. The van der Waals surface area contributed by atoms with Gasteiger partial charge in [0.25, 0.3) is 0 Å². The average Bonchev–Trinajstić information content (AvgIpc) is 2.56. The molecule has 0 aliphatic rings. The van der Waals surface area contributed by atoms with Crippen LogP contribution >= 0.6 is 0 Å². The third-order valence-corrected chi connectivity index (χ3v) is 3.78. The standard InChI is InChI=1S/C19H25NO/c1-3-5-15-20(16-11-7-6-8-12-16)18-14-10-9-13-17(18)19(21)4-2/h6-14,19,21H,3-5,15H2,1-2H3. The summed E-state index contributed by atoms with van der Waals surface area (Å²) in [5.41, 5.74) is 3.31. The predicted molar refractivity (Wildman–Crippen MR) is 90.0 cm³/mol. The molecule has 1 N–H and O–H groups in total. The molecule has 0 aromatic heterocycles. The molecule has 21 heavy (non-hydrogen) atoms. The number of unbranched alkanes of at least 4 members (excludes halogenated alkanes) is 1. The van der Waals surface area contributed by atoms with Crippen LogP contribution in [0.5, 0.6) is 0 Å². The Kier molecular flexibility index (Phi) is 5.82. The van der Waals surface area contributed by atoms with Crippen molar-refractivity contribution in [2.24, 2.45) is 0 Å². The van der Waals surface area contributed by atoms with Gasteiger partial charge in [-0.3, -0.25) is 0 Å². The van der Waals surface area contributed by atoms with Crippen molar-refractivity contribution in [1.82, 2.24) is 0 Å². The fourth-order valence-corrected chi connectivity index (χ4v) is 2.55. The van der Waals surface area contributed by atoms with E-state index in [0.29, 0.717) is 0 Å². The van der Waals surface area contributed by atoms with E-state index in [4.69, 9.17) is 0 Å². The van der Waals surface area contributed by atoms with Gasteiger partial charge >= 0.3 is 0 Å². The van der Waals surface area contributed by atoms with Crippen LogP contribution in [-0.4, -0.2) is 11.7 Å². The van der Waals surface area contributed by atoms with E-state index in [0.717, 1.165) is 37.1 Å². The van der Waals surface area contributed by atoms with Gasteiger partial charge in [0.1, 0.15) is 0 Å². The summed E-state index contributed by atoms with van der Waals surface area (Å²) in [5.74, 6) is 0. The molecule has 112 valence electrons. The van der Waals surface area contributed by atoms with Crippen molar-refractivity contribution in [3.8, 4) is 0 Å². The van der Waals surface area contributed by atoms with Crippen LogP contribution in [0, 0.1) is 0 Å². The molecule has 1 atom stereocenters. The lowest BCUT2D eigenvalue weighted by molar-refractivity contribution is 0.174. The van der Waals surface area contributed by atoms with Crippen LogP contribution in [-0.2, 0) is 0 Å². The zero-order valence-electron chi connectivity index (χ0n) is 13.0. The number of aliphatic hydroxyl groups excluding tert-OH is 1. The largest absolute Gasteiger partial charge is 0.388 e. The number of nitrogens with zero attached hydrogens (tertiary/aromatic N) is 1. The lowest BCUT2D eigenvalue weighted by atomic mass is 10.0. The van der Waals surface area contributed by atoms with Gasteiger partial charge in [-0.15, -0.1) is 0 Å². The van der Waals surface area contributed by atoms with Gasteiger partial charge in [0.2, 0.25) is 0 Å². The molecule has 2 rings (SSSR count). The Morgan fingerprint density at radius 1 is 0.952 bits per heavy atom. The fraction of sp³-hybridized carbons (Fsp3) is 0.368. The van der Waals surface area contributed by atoms with Gasteiger partial charge in [0.15, 0.2) is 0 Å². The summed E-state index contributed by atoms with van der Waals surface area (Å²) in [4.78, 5) is 2.32. The first kappa shape index (κ1) is 15.6. The van der Waals surface area contributed by atoms with Gasteiger partial charge in [-0.25, -0.2) is 0 Å². The maximum atomic E-state index is 10.3. The summed E-state index contributed by atoms with van der Waals surface area (Å²) in [7, 11) is 0. The number of hydrogen-bond acceptors (Lipinski definition) is 2. The zero-order chi connectivity index (χ0) is 15.1. The number of benzene rings is 2. The quantitative estimate of drug-likeness (QED) is 0.767. The van der Waals surface area contributed by atoms with Crippen LogP contribution in [0.3, 0.4) is 0 Å². The average molecular weight is 283 g/mol. The lowest BCUT2D eigenvalue weighted by Gasteiger charge is -2.28. The molecule has 0 aliphatic heterocycles. The van der Waals surface area contributed by atoms with Crippen LogP contribution in [0.25, 0.3) is 0 Å². The monoisotopic (exact) mass is 283 g/mol. The van der Waals surface area contributed by atoms with Gasteiger partial charge in [0, 0.05) is 23.5 Å². The van der Waals surface area contributed by atoms with Gasteiger partial charge in [-0.2, -0.15) is 0 Å². The zero-order valence-corrected chi connectivity index (χ0v) is 13.0. The van der Waals surface area contributed by atoms with Crippen LogP contribution in [0.2, 0.25) is 0 Å². The second kappa shape index (κ2) is 7.84. The Labute approximate surface area is 128 Å². The molecule has 0 aliphatic carbocycles. The van der Waals surface area contributed by atoms with Crippen molar-refractivity contribution < 1.29 is 5.11 Å². The molecule has 2 aromatic carbocycles. The number of para-hydroxylation sites is 2. The van der Waals surface area contributed by atoms with E-state index in [1.54, 1.807) is 0 Å². The molecule has 0 saturated heterocycles. The highest BCUT2D eigenvalue weighted by molar-refractivity contribution is 5.66. The molecule has 1 unspecified atom stereocenters. The molecule has 2 heteroatoms. The minimum atomic E-state index is -0.408. The topological polar surface area (TPSA) is 23.5 Å². The van der Waals surface area contributed by atoms with Crippen molar-refractivity contribution in [2.75, 3.05) is 11.4 Å². The second-order valence-electron chi connectivity index (χ2n) is 5.32. The Bertz CT molecular complexity index is 538. The summed E-state index contributed by atoms with van der Waals surface area (Å²) in [5, 5.41) is 10.3. The van der Waals surface area contributed by atoms with Crippen molar-refractivity contribution in [1.29, 1.82) is 0 Å². The molecule has 0 fully saturated rings. The summed E-state index contributed by atoms with van der Waals surface area (Å²) >= 11 is 0. The van der Waals surface area contributed by atoms with Gasteiger partial charge in [-0.1, -0.05) is 56.7 Å². The van der Waals surface area contributed by atoms with E-state index in [2.05, 4.69) is 42.2 Å². The Balaban J connectivity index is 2.42. The van der Waals surface area contributed by atoms with E-state index in [9.17, 15) is 5.11 Å². The summed E-state index contributed by atoms with van der Waals surface area (Å²) in [6, 6.07) is 18.6. The van der Waals surface area contributed by atoms with E-state index < -0.39 is 6.10 Å². The molecule has 2 nitrogen and oxygen atoms in total. The van der Waals surface area contributed by atoms with Crippen molar-refractivity contribution in [2.45, 2.75) is 39.2 Å². The molecular formula is C19H25NO. The Hall–Kier alpha value is -1.80. The second-order valence-corrected chi connectivity index (χ2v) is 5.32. The Morgan fingerprint density at radius 3 is 2.29 bits per heavy atom. The van der Waals surface area contributed by atoms with Gasteiger partial charge < -0.3 is 10.0 Å². The maximum Gasteiger partial charge on any atom is 0.0807 e.